The number of carbonyl (C=O) groups excluding carboxylic acids is 2. The second-order valence-corrected chi connectivity index (χ2v) is 18.4. The van der Waals surface area contributed by atoms with Gasteiger partial charge in [-0.15, -0.1) is 0 Å². The number of carboxylic acid groups (broad SMARTS) is 1. The maximum atomic E-state index is 12.7. The first-order chi connectivity index (χ1) is 29.6. The van der Waals surface area contributed by atoms with Gasteiger partial charge in [0.2, 0.25) is 0 Å². The van der Waals surface area contributed by atoms with E-state index in [1.165, 1.54) is 154 Å². The minimum Gasteiger partial charge on any atom is -0.480 e. The van der Waals surface area contributed by atoms with Crippen molar-refractivity contribution in [2.45, 2.75) is 251 Å². The topological polar surface area (TPSA) is 172 Å². The molecule has 0 aliphatic heterocycles. The Balaban J connectivity index is 4.28. The zero-order chi connectivity index (χ0) is 44.9. The minimum atomic E-state index is -4.73. The largest absolute Gasteiger partial charge is 0.480 e. The molecule has 0 aromatic rings. The van der Waals surface area contributed by atoms with E-state index in [2.05, 4.69) is 42.7 Å². The minimum absolute atomic E-state index is 0.105. The van der Waals surface area contributed by atoms with E-state index in [1.54, 1.807) is 0 Å². The van der Waals surface area contributed by atoms with Crippen LogP contribution in [-0.2, 0) is 37.5 Å². The second-order valence-electron chi connectivity index (χ2n) is 16.9. The number of carbonyl (C=O) groups is 3. The molecule has 1 unspecified atom stereocenters. The van der Waals surface area contributed by atoms with Crippen molar-refractivity contribution < 1.29 is 47.5 Å². The maximum absolute atomic E-state index is 12.7. The summed E-state index contributed by atoms with van der Waals surface area (Å²) in [7, 11) is -4.73. The highest BCUT2D eigenvalue weighted by Gasteiger charge is 2.28. The average Bonchev–Trinajstić information content (AvgIpc) is 3.24. The molecule has 0 rings (SSSR count). The fraction of sp³-hybridized carbons (Fsp3) is 0.857. The lowest BCUT2D eigenvalue weighted by Crippen LogP contribution is -2.34. The van der Waals surface area contributed by atoms with Crippen molar-refractivity contribution in [2.75, 3.05) is 19.8 Å². The molecular formula is C49H92NO10P. The normalized spacial score (nSPS) is 13.8. The Hall–Kier alpha value is -2.04. The zero-order valence-corrected chi connectivity index (χ0v) is 39.9. The lowest BCUT2D eigenvalue weighted by atomic mass is 10.0. The van der Waals surface area contributed by atoms with Crippen molar-refractivity contribution >= 4 is 25.7 Å². The summed E-state index contributed by atoms with van der Waals surface area (Å²) < 4.78 is 32.7. The molecule has 4 N–H and O–H groups in total. The Labute approximate surface area is 372 Å². The first kappa shape index (κ1) is 59.0. The van der Waals surface area contributed by atoms with E-state index < -0.39 is 51.1 Å². The Morgan fingerprint density at radius 1 is 0.492 bits per heavy atom. The summed E-state index contributed by atoms with van der Waals surface area (Å²) in [6.07, 6.45) is 48.3. The van der Waals surface area contributed by atoms with Crippen molar-refractivity contribution in [3.05, 3.63) is 24.3 Å². The monoisotopic (exact) mass is 886 g/mol. The van der Waals surface area contributed by atoms with Crippen LogP contribution < -0.4 is 5.73 Å². The predicted octanol–water partition coefficient (Wildman–Crippen LogP) is 13.8. The van der Waals surface area contributed by atoms with Crippen LogP contribution in [-0.4, -0.2) is 59.9 Å². The lowest BCUT2D eigenvalue weighted by Gasteiger charge is -2.20. The molecule has 0 aromatic heterocycles. The van der Waals surface area contributed by atoms with E-state index in [-0.39, 0.29) is 19.4 Å². The molecule has 0 amide bonds. The van der Waals surface area contributed by atoms with Gasteiger partial charge in [-0.05, 0) is 44.9 Å². The van der Waals surface area contributed by atoms with Crippen LogP contribution in [0, 0.1) is 0 Å². The van der Waals surface area contributed by atoms with Gasteiger partial charge in [-0.3, -0.25) is 23.4 Å². The number of hydrogen-bond donors (Lipinski definition) is 3. The number of aliphatic carboxylic acids is 1. The number of ether oxygens (including phenoxy) is 2. The molecule has 0 bridgehead atoms. The predicted molar refractivity (Wildman–Crippen MR) is 249 cm³/mol. The average molecular weight is 886 g/mol. The van der Waals surface area contributed by atoms with Crippen LogP contribution >= 0.6 is 7.82 Å². The van der Waals surface area contributed by atoms with Gasteiger partial charge in [-0.25, -0.2) is 4.57 Å². The molecular weight excluding hydrogens is 794 g/mol. The Morgan fingerprint density at radius 2 is 0.852 bits per heavy atom. The van der Waals surface area contributed by atoms with E-state index in [1.807, 2.05) is 0 Å². The van der Waals surface area contributed by atoms with E-state index in [4.69, 9.17) is 24.8 Å². The SMILES string of the molecule is CCCCCCCCCCCCCCCC/C=C/CC/C=C/CCCC(=O)O[C@@H](COC(=O)CCCCCCCCCCCCCCCC)COP(=O)(O)OC[C@H](N)C(=O)O. The maximum Gasteiger partial charge on any atom is 0.472 e. The van der Waals surface area contributed by atoms with Gasteiger partial charge >= 0.3 is 25.7 Å². The lowest BCUT2D eigenvalue weighted by molar-refractivity contribution is -0.161. The Morgan fingerprint density at radius 3 is 1.30 bits per heavy atom. The number of nitrogens with two attached hydrogens (primary N) is 1. The Kier molecular flexibility index (Phi) is 43.1. The molecule has 0 aromatic carbocycles. The number of phosphoric acid groups is 1. The van der Waals surface area contributed by atoms with Crippen LogP contribution in [0.1, 0.15) is 239 Å². The second kappa shape index (κ2) is 44.6. The number of allylic oxidation sites excluding steroid dienone is 4. The van der Waals surface area contributed by atoms with Crippen molar-refractivity contribution in [1.82, 2.24) is 0 Å². The molecule has 358 valence electrons. The zero-order valence-electron chi connectivity index (χ0n) is 39.0. The summed E-state index contributed by atoms with van der Waals surface area (Å²) in [4.78, 5) is 46.0. The van der Waals surface area contributed by atoms with Crippen LogP contribution in [0.3, 0.4) is 0 Å². The van der Waals surface area contributed by atoms with E-state index in [0.29, 0.717) is 19.3 Å². The molecule has 0 fully saturated rings. The van der Waals surface area contributed by atoms with Gasteiger partial charge in [-0.1, -0.05) is 205 Å². The third-order valence-corrected chi connectivity index (χ3v) is 11.9. The van der Waals surface area contributed by atoms with Crippen LogP contribution in [0.4, 0.5) is 0 Å². The molecule has 61 heavy (non-hydrogen) atoms. The quantitative estimate of drug-likeness (QED) is 0.0230. The van der Waals surface area contributed by atoms with Crippen molar-refractivity contribution in [3.63, 3.8) is 0 Å². The summed E-state index contributed by atoms with van der Waals surface area (Å²) in [5.41, 5.74) is 5.34. The number of esters is 2. The number of hydrogen-bond acceptors (Lipinski definition) is 9. The van der Waals surface area contributed by atoms with Gasteiger partial charge in [0.15, 0.2) is 6.10 Å². The van der Waals surface area contributed by atoms with Gasteiger partial charge in [0.1, 0.15) is 12.6 Å². The number of rotatable bonds is 47. The fourth-order valence-corrected chi connectivity index (χ4v) is 7.81. The summed E-state index contributed by atoms with van der Waals surface area (Å²) in [6, 6.07) is -1.53. The number of unbranched alkanes of at least 4 members (excludes halogenated alkanes) is 29. The van der Waals surface area contributed by atoms with Gasteiger partial charge < -0.3 is 25.2 Å². The molecule has 0 radical (unpaired) electrons. The number of phosphoric ester groups is 1. The highest BCUT2D eigenvalue weighted by molar-refractivity contribution is 7.47. The summed E-state index contributed by atoms with van der Waals surface area (Å²) >= 11 is 0. The van der Waals surface area contributed by atoms with Gasteiger partial charge in [-0.2, -0.15) is 0 Å². The summed E-state index contributed by atoms with van der Waals surface area (Å²) in [6.45, 7) is 2.80. The Bertz CT molecular complexity index is 1130. The molecule has 0 saturated heterocycles. The molecule has 0 aliphatic carbocycles. The molecule has 12 heteroatoms. The molecule has 11 nitrogen and oxygen atoms in total. The first-order valence-electron chi connectivity index (χ1n) is 24.9. The fourth-order valence-electron chi connectivity index (χ4n) is 7.03. The first-order valence-corrected chi connectivity index (χ1v) is 26.4. The van der Waals surface area contributed by atoms with Gasteiger partial charge in [0.25, 0.3) is 0 Å². The van der Waals surface area contributed by atoms with Crippen LogP contribution in [0.15, 0.2) is 24.3 Å². The van der Waals surface area contributed by atoms with E-state index >= 15 is 0 Å². The highest BCUT2D eigenvalue weighted by atomic mass is 31.2. The molecule has 0 saturated carbocycles. The molecule has 3 atom stereocenters. The van der Waals surface area contributed by atoms with Crippen LogP contribution in [0.5, 0.6) is 0 Å². The molecule has 0 heterocycles. The standard InChI is InChI=1S/C49H92NO10P/c1-3-5-7-9-11-13-15-17-19-20-21-22-23-24-25-26-27-29-31-33-35-37-39-41-48(52)60-45(43-58-61(55,56)59-44-46(50)49(53)54)42-57-47(51)40-38-36-34-32-30-28-18-16-14-12-10-8-6-4-2/h26-27,33,35,45-46H,3-25,28-32,34,36-44,50H2,1-2H3,(H,53,54)(H,55,56)/b27-26+,35-33+/t45-,46-/m0/s1. The van der Waals surface area contributed by atoms with Gasteiger partial charge in [0, 0.05) is 12.8 Å². The third kappa shape index (κ3) is 44.4. The van der Waals surface area contributed by atoms with E-state index in [9.17, 15) is 23.8 Å². The van der Waals surface area contributed by atoms with Crippen molar-refractivity contribution in [2.24, 2.45) is 5.73 Å². The molecule has 0 spiro atoms. The van der Waals surface area contributed by atoms with Crippen LogP contribution in [0.2, 0.25) is 0 Å². The van der Waals surface area contributed by atoms with Crippen molar-refractivity contribution in [1.29, 1.82) is 0 Å². The summed E-state index contributed by atoms with van der Waals surface area (Å²) in [5.74, 6) is -2.42. The summed E-state index contributed by atoms with van der Waals surface area (Å²) in [5, 5.41) is 8.91. The van der Waals surface area contributed by atoms with Crippen molar-refractivity contribution in [3.8, 4) is 0 Å². The highest BCUT2D eigenvalue weighted by Crippen LogP contribution is 2.43. The van der Waals surface area contributed by atoms with Gasteiger partial charge in [0.05, 0.1) is 13.2 Å². The van der Waals surface area contributed by atoms with Crippen LogP contribution in [0.25, 0.3) is 0 Å². The smallest absolute Gasteiger partial charge is 0.472 e. The molecule has 0 aliphatic rings. The number of carboxylic acids is 1. The third-order valence-electron chi connectivity index (χ3n) is 10.9. The van der Waals surface area contributed by atoms with E-state index in [0.717, 1.165) is 38.5 Å².